The van der Waals surface area contributed by atoms with Crippen molar-refractivity contribution in [2.24, 2.45) is 10.8 Å². The molecule has 4 N–H and O–H groups in total. The van der Waals surface area contributed by atoms with Gasteiger partial charge in [-0.05, 0) is 37.1 Å². The number of para-hydroxylation sites is 3. The molecule has 0 aromatic heterocycles. The SMILES string of the molecule is NNC(=NC1CC1)Nc1ccccc1Oc1ccccc1. The summed E-state index contributed by atoms with van der Waals surface area (Å²) in [4.78, 5) is 4.46. The second-order valence-electron chi connectivity index (χ2n) is 4.89. The first-order chi connectivity index (χ1) is 10.3. The molecule has 0 saturated heterocycles. The van der Waals surface area contributed by atoms with Crippen LogP contribution in [0.3, 0.4) is 0 Å². The van der Waals surface area contributed by atoms with E-state index in [4.69, 9.17) is 10.6 Å². The number of hydrogen-bond acceptors (Lipinski definition) is 3. The van der Waals surface area contributed by atoms with E-state index in [0.29, 0.717) is 12.0 Å². The fraction of sp³-hybridized carbons (Fsp3) is 0.188. The minimum absolute atomic E-state index is 0.380. The number of aliphatic imine (C=N–C) groups is 1. The highest BCUT2D eigenvalue weighted by molar-refractivity contribution is 5.94. The molecule has 2 aromatic carbocycles. The zero-order chi connectivity index (χ0) is 14.5. The minimum atomic E-state index is 0.380. The molecular formula is C16H18N4O. The second-order valence-corrected chi connectivity index (χ2v) is 4.89. The van der Waals surface area contributed by atoms with Crippen molar-refractivity contribution < 1.29 is 4.74 Å². The largest absolute Gasteiger partial charge is 0.455 e. The van der Waals surface area contributed by atoms with Crippen LogP contribution < -0.4 is 21.3 Å². The second kappa shape index (κ2) is 6.28. The number of benzene rings is 2. The lowest BCUT2D eigenvalue weighted by Gasteiger charge is -2.14. The lowest BCUT2D eigenvalue weighted by atomic mass is 10.3. The van der Waals surface area contributed by atoms with Gasteiger partial charge in [-0.3, -0.25) is 5.43 Å². The summed E-state index contributed by atoms with van der Waals surface area (Å²) in [6.07, 6.45) is 2.24. The molecule has 2 aromatic rings. The summed E-state index contributed by atoms with van der Waals surface area (Å²) in [7, 11) is 0. The number of nitrogens with two attached hydrogens (primary N) is 1. The number of ether oxygens (including phenoxy) is 1. The molecule has 1 aliphatic carbocycles. The fourth-order valence-corrected chi connectivity index (χ4v) is 1.89. The molecule has 0 spiro atoms. The van der Waals surface area contributed by atoms with Gasteiger partial charge in [-0.2, -0.15) is 0 Å². The van der Waals surface area contributed by atoms with E-state index in [1.807, 2.05) is 54.6 Å². The lowest BCUT2D eigenvalue weighted by molar-refractivity contribution is 0.485. The van der Waals surface area contributed by atoms with Crippen molar-refractivity contribution in [1.82, 2.24) is 5.43 Å². The number of nitrogens with one attached hydrogen (secondary N) is 2. The lowest BCUT2D eigenvalue weighted by Crippen LogP contribution is -2.36. The first-order valence-corrected chi connectivity index (χ1v) is 6.98. The molecule has 5 heteroatoms. The van der Waals surface area contributed by atoms with E-state index >= 15 is 0 Å². The van der Waals surface area contributed by atoms with E-state index < -0.39 is 0 Å². The highest BCUT2D eigenvalue weighted by atomic mass is 16.5. The number of hydrazine groups is 1. The van der Waals surface area contributed by atoms with Crippen LogP contribution in [-0.2, 0) is 0 Å². The average Bonchev–Trinajstić information content (AvgIpc) is 3.33. The van der Waals surface area contributed by atoms with Crippen LogP contribution >= 0.6 is 0 Å². The Balaban J connectivity index is 1.78. The maximum absolute atomic E-state index is 5.89. The molecule has 0 amide bonds. The topological polar surface area (TPSA) is 71.7 Å². The van der Waals surface area contributed by atoms with Gasteiger partial charge in [0.1, 0.15) is 5.75 Å². The van der Waals surface area contributed by atoms with Crippen LogP contribution in [0.5, 0.6) is 11.5 Å². The van der Waals surface area contributed by atoms with Crippen LogP contribution in [0.25, 0.3) is 0 Å². The number of rotatable bonds is 4. The first kappa shape index (κ1) is 13.5. The fourth-order valence-electron chi connectivity index (χ4n) is 1.89. The maximum Gasteiger partial charge on any atom is 0.210 e. The average molecular weight is 282 g/mol. The molecular weight excluding hydrogens is 264 g/mol. The number of nitrogens with zero attached hydrogens (tertiary/aromatic N) is 1. The quantitative estimate of drug-likeness (QED) is 0.349. The summed E-state index contributed by atoms with van der Waals surface area (Å²) in [6.45, 7) is 0. The van der Waals surface area contributed by atoms with Gasteiger partial charge in [0.05, 0.1) is 11.7 Å². The third-order valence-corrected chi connectivity index (χ3v) is 3.11. The summed E-state index contributed by atoms with van der Waals surface area (Å²) < 4.78 is 5.89. The maximum atomic E-state index is 5.89. The van der Waals surface area contributed by atoms with Gasteiger partial charge in [0.25, 0.3) is 0 Å². The monoisotopic (exact) mass is 282 g/mol. The van der Waals surface area contributed by atoms with Gasteiger partial charge in [-0.1, -0.05) is 30.3 Å². The Hall–Kier alpha value is -2.53. The summed E-state index contributed by atoms with van der Waals surface area (Å²) in [5, 5.41) is 3.18. The molecule has 21 heavy (non-hydrogen) atoms. The van der Waals surface area contributed by atoms with Crippen LogP contribution in [0.2, 0.25) is 0 Å². The predicted octanol–water partition coefficient (Wildman–Crippen LogP) is 2.87. The van der Waals surface area contributed by atoms with Crippen molar-refractivity contribution in [1.29, 1.82) is 0 Å². The molecule has 108 valence electrons. The highest BCUT2D eigenvalue weighted by Gasteiger charge is 2.21. The van der Waals surface area contributed by atoms with Gasteiger partial charge in [0.2, 0.25) is 5.96 Å². The van der Waals surface area contributed by atoms with Gasteiger partial charge in [0, 0.05) is 0 Å². The first-order valence-electron chi connectivity index (χ1n) is 6.98. The summed E-state index contributed by atoms with van der Waals surface area (Å²) in [6, 6.07) is 17.7. The molecule has 1 saturated carbocycles. The summed E-state index contributed by atoms with van der Waals surface area (Å²) >= 11 is 0. The highest BCUT2D eigenvalue weighted by Crippen LogP contribution is 2.29. The Morgan fingerprint density at radius 2 is 1.76 bits per heavy atom. The predicted molar refractivity (Wildman–Crippen MR) is 84.4 cm³/mol. The van der Waals surface area contributed by atoms with Gasteiger partial charge in [-0.25, -0.2) is 10.8 Å². The Bertz CT molecular complexity index is 623. The Morgan fingerprint density at radius 1 is 1.05 bits per heavy atom. The van der Waals surface area contributed by atoms with Gasteiger partial charge < -0.3 is 10.1 Å². The van der Waals surface area contributed by atoms with Crippen LogP contribution in [0.15, 0.2) is 59.6 Å². The molecule has 0 unspecified atom stereocenters. The molecule has 1 aliphatic rings. The molecule has 1 fully saturated rings. The molecule has 0 heterocycles. The molecule has 0 radical (unpaired) electrons. The van der Waals surface area contributed by atoms with Crippen LogP contribution in [-0.4, -0.2) is 12.0 Å². The van der Waals surface area contributed by atoms with Crippen LogP contribution in [0.1, 0.15) is 12.8 Å². The van der Waals surface area contributed by atoms with E-state index in [1.54, 1.807) is 0 Å². The van der Waals surface area contributed by atoms with Gasteiger partial charge in [0.15, 0.2) is 5.75 Å². The van der Waals surface area contributed by atoms with E-state index in [-0.39, 0.29) is 0 Å². The van der Waals surface area contributed by atoms with Crippen molar-refractivity contribution in [2.75, 3.05) is 5.32 Å². The van der Waals surface area contributed by atoms with Crippen molar-refractivity contribution in [3.05, 3.63) is 54.6 Å². The smallest absolute Gasteiger partial charge is 0.210 e. The Kier molecular flexibility index (Phi) is 4.02. The van der Waals surface area contributed by atoms with E-state index in [9.17, 15) is 0 Å². The summed E-state index contributed by atoms with van der Waals surface area (Å²) in [5.41, 5.74) is 3.41. The summed E-state index contributed by atoms with van der Waals surface area (Å²) in [5.74, 6) is 7.58. The number of guanidine groups is 1. The molecule has 5 nitrogen and oxygen atoms in total. The van der Waals surface area contributed by atoms with Crippen molar-refractivity contribution in [2.45, 2.75) is 18.9 Å². The zero-order valence-corrected chi connectivity index (χ0v) is 11.6. The molecule has 0 aliphatic heterocycles. The molecule has 3 rings (SSSR count). The Morgan fingerprint density at radius 3 is 2.48 bits per heavy atom. The standard InChI is InChI=1S/C16H18N4O/c17-20-16(18-12-10-11-12)19-14-8-4-5-9-15(14)21-13-6-2-1-3-7-13/h1-9,12H,10-11,17H2,(H2,18,19,20). The molecule has 0 bridgehead atoms. The number of anilines is 1. The number of hydrogen-bond donors (Lipinski definition) is 3. The van der Waals surface area contributed by atoms with Crippen molar-refractivity contribution in [3.8, 4) is 11.5 Å². The van der Waals surface area contributed by atoms with E-state index in [0.717, 1.165) is 30.0 Å². The van der Waals surface area contributed by atoms with Gasteiger partial charge in [-0.15, -0.1) is 0 Å². The van der Waals surface area contributed by atoms with Gasteiger partial charge >= 0.3 is 0 Å². The minimum Gasteiger partial charge on any atom is -0.455 e. The van der Waals surface area contributed by atoms with Crippen LogP contribution in [0.4, 0.5) is 5.69 Å². The molecule has 0 atom stereocenters. The van der Waals surface area contributed by atoms with Crippen LogP contribution in [0, 0.1) is 0 Å². The normalized spacial score (nSPS) is 14.6. The zero-order valence-electron chi connectivity index (χ0n) is 11.6. The van der Waals surface area contributed by atoms with E-state index in [2.05, 4.69) is 15.7 Å². The van der Waals surface area contributed by atoms with Crippen molar-refractivity contribution >= 4 is 11.6 Å². The van der Waals surface area contributed by atoms with Crippen molar-refractivity contribution in [3.63, 3.8) is 0 Å². The van der Waals surface area contributed by atoms with E-state index in [1.165, 1.54) is 0 Å². The third-order valence-electron chi connectivity index (χ3n) is 3.11. The third kappa shape index (κ3) is 3.73. The Labute approximate surface area is 123 Å².